The molecule has 0 aliphatic rings. The van der Waals surface area contributed by atoms with E-state index < -0.39 is 0 Å². The van der Waals surface area contributed by atoms with Gasteiger partial charge in [0, 0.05) is 32.8 Å². The fraction of sp³-hybridized carbons (Fsp3) is 0.412. The zero-order chi connectivity index (χ0) is 16.7. The Balaban J connectivity index is 1.89. The van der Waals surface area contributed by atoms with Gasteiger partial charge in [0.25, 0.3) is 0 Å². The minimum atomic E-state index is 0.307. The van der Waals surface area contributed by atoms with E-state index in [9.17, 15) is 0 Å². The Kier molecular flexibility index (Phi) is 6.02. The average molecular weight is 315 g/mol. The molecule has 1 atom stereocenters. The van der Waals surface area contributed by atoms with Crippen LogP contribution in [-0.2, 0) is 13.6 Å². The highest BCUT2D eigenvalue weighted by Gasteiger charge is 2.11. The van der Waals surface area contributed by atoms with Gasteiger partial charge in [-0.25, -0.2) is 0 Å². The molecule has 1 unspecified atom stereocenters. The maximum atomic E-state index is 5.43. The van der Waals surface area contributed by atoms with Gasteiger partial charge in [-0.05, 0) is 17.7 Å². The number of aliphatic imine (C=N–C) groups is 1. The number of nitrogens with one attached hydrogen (secondary N) is 2. The second-order valence-electron chi connectivity index (χ2n) is 5.40. The third-order valence-electron chi connectivity index (χ3n) is 3.83. The van der Waals surface area contributed by atoms with E-state index in [4.69, 9.17) is 4.74 Å². The molecule has 6 heteroatoms. The van der Waals surface area contributed by atoms with E-state index in [1.807, 2.05) is 36.0 Å². The molecule has 0 radical (unpaired) electrons. The topological polar surface area (TPSA) is 63.5 Å². The number of aryl methyl sites for hydroxylation is 1. The fourth-order valence-electron chi connectivity index (χ4n) is 2.40. The minimum absolute atomic E-state index is 0.307. The molecule has 1 heterocycles. The van der Waals surface area contributed by atoms with Gasteiger partial charge in [0.15, 0.2) is 5.96 Å². The third kappa shape index (κ3) is 4.48. The molecule has 0 saturated heterocycles. The number of aromatic nitrogens is 2. The van der Waals surface area contributed by atoms with Crippen LogP contribution < -0.4 is 15.4 Å². The van der Waals surface area contributed by atoms with Crippen LogP contribution in [0.1, 0.15) is 24.1 Å². The molecule has 2 N–H and O–H groups in total. The van der Waals surface area contributed by atoms with Crippen molar-refractivity contribution in [1.29, 1.82) is 0 Å². The van der Waals surface area contributed by atoms with Gasteiger partial charge in [-0.2, -0.15) is 5.10 Å². The summed E-state index contributed by atoms with van der Waals surface area (Å²) in [7, 11) is 5.40. The van der Waals surface area contributed by atoms with Crippen LogP contribution in [0, 0.1) is 0 Å². The van der Waals surface area contributed by atoms with Crippen molar-refractivity contribution < 1.29 is 4.74 Å². The highest BCUT2D eigenvalue weighted by molar-refractivity contribution is 5.79. The summed E-state index contributed by atoms with van der Waals surface area (Å²) in [6, 6.07) is 10.1. The quantitative estimate of drug-likeness (QED) is 0.631. The van der Waals surface area contributed by atoms with Gasteiger partial charge in [0.05, 0.1) is 19.3 Å². The lowest BCUT2D eigenvalue weighted by Crippen LogP contribution is -2.39. The van der Waals surface area contributed by atoms with E-state index in [0.29, 0.717) is 12.5 Å². The lowest BCUT2D eigenvalue weighted by atomic mass is 10.0. The summed E-state index contributed by atoms with van der Waals surface area (Å²) >= 11 is 0. The van der Waals surface area contributed by atoms with E-state index in [0.717, 1.165) is 23.9 Å². The van der Waals surface area contributed by atoms with Crippen LogP contribution in [0.3, 0.4) is 0 Å². The van der Waals surface area contributed by atoms with Crippen molar-refractivity contribution in [3.63, 3.8) is 0 Å². The average Bonchev–Trinajstić information content (AvgIpc) is 2.99. The first-order valence-corrected chi connectivity index (χ1v) is 7.70. The smallest absolute Gasteiger partial charge is 0.191 e. The van der Waals surface area contributed by atoms with E-state index in [1.54, 1.807) is 20.4 Å². The van der Waals surface area contributed by atoms with E-state index in [1.165, 1.54) is 5.56 Å². The van der Waals surface area contributed by atoms with Crippen LogP contribution in [0.25, 0.3) is 0 Å². The molecular formula is C17H25N5O. The number of guanidine groups is 1. The van der Waals surface area contributed by atoms with Crippen LogP contribution in [0.2, 0.25) is 0 Å². The summed E-state index contributed by atoms with van der Waals surface area (Å²) in [5.74, 6) is 1.99. The molecule has 1 aromatic carbocycles. The Labute approximate surface area is 137 Å². The fourth-order valence-corrected chi connectivity index (χ4v) is 2.40. The SMILES string of the molecule is CN=C(NCc1ccnn1C)NCC(C)c1ccccc1OC. The Hall–Kier alpha value is -2.50. The van der Waals surface area contributed by atoms with Crippen molar-refractivity contribution in [2.45, 2.75) is 19.4 Å². The number of nitrogens with zero attached hydrogens (tertiary/aromatic N) is 3. The molecule has 0 fully saturated rings. The second-order valence-corrected chi connectivity index (χ2v) is 5.40. The molecule has 0 aliphatic carbocycles. The standard InChI is InChI=1S/C17H25N5O/c1-13(15-7-5-6-8-16(15)23-4)11-19-17(18-2)20-12-14-9-10-21-22(14)3/h5-10,13H,11-12H2,1-4H3,(H2,18,19,20). The summed E-state index contributed by atoms with van der Waals surface area (Å²) in [5, 5.41) is 10.8. The summed E-state index contributed by atoms with van der Waals surface area (Å²) in [6.07, 6.45) is 1.79. The molecule has 6 nitrogen and oxygen atoms in total. The molecule has 2 rings (SSSR count). The first kappa shape index (κ1) is 16.9. The first-order chi connectivity index (χ1) is 11.2. The predicted octanol–water partition coefficient (Wildman–Crippen LogP) is 1.90. The van der Waals surface area contributed by atoms with Gasteiger partial charge in [-0.15, -0.1) is 0 Å². The number of methoxy groups -OCH3 is 1. The van der Waals surface area contributed by atoms with Gasteiger partial charge in [-0.1, -0.05) is 25.1 Å². The number of rotatable bonds is 6. The van der Waals surface area contributed by atoms with Gasteiger partial charge in [0.2, 0.25) is 0 Å². The van der Waals surface area contributed by atoms with Crippen LogP contribution in [0.4, 0.5) is 0 Å². The zero-order valence-electron chi connectivity index (χ0n) is 14.2. The molecule has 23 heavy (non-hydrogen) atoms. The second kappa shape index (κ2) is 8.22. The summed E-state index contributed by atoms with van der Waals surface area (Å²) in [6.45, 7) is 3.61. The van der Waals surface area contributed by atoms with Crippen molar-refractivity contribution in [2.24, 2.45) is 12.0 Å². The molecule has 0 amide bonds. The first-order valence-electron chi connectivity index (χ1n) is 7.70. The Morgan fingerprint density at radius 3 is 2.74 bits per heavy atom. The number of para-hydroxylation sites is 1. The molecular weight excluding hydrogens is 290 g/mol. The molecule has 0 spiro atoms. The molecule has 0 aliphatic heterocycles. The van der Waals surface area contributed by atoms with Crippen LogP contribution in [-0.4, -0.2) is 36.4 Å². The van der Waals surface area contributed by atoms with Crippen molar-refractivity contribution >= 4 is 5.96 Å². The monoisotopic (exact) mass is 315 g/mol. The molecule has 0 saturated carbocycles. The number of ether oxygens (including phenoxy) is 1. The molecule has 2 aromatic rings. The van der Waals surface area contributed by atoms with E-state index in [-0.39, 0.29) is 0 Å². The number of benzene rings is 1. The number of hydrogen-bond donors (Lipinski definition) is 2. The normalized spacial score (nSPS) is 12.8. The van der Waals surface area contributed by atoms with Gasteiger partial charge in [-0.3, -0.25) is 9.67 Å². The minimum Gasteiger partial charge on any atom is -0.496 e. The number of hydrogen-bond acceptors (Lipinski definition) is 3. The maximum absolute atomic E-state index is 5.43. The van der Waals surface area contributed by atoms with Gasteiger partial charge < -0.3 is 15.4 Å². The third-order valence-corrected chi connectivity index (χ3v) is 3.83. The van der Waals surface area contributed by atoms with Crippen molar-refractivity contribution in [2.75, 3.05) is 20.7 Å². The van der Waals surface area contributed by atoms with E-state index >= 15 is 0 Å². The molecule has 0 bridgehead atoms. The van der Waals surface area contributed by atoms with Crippen molar-refractivity contribution in [3.05, 3.63) is 47.8 Å². The zero-order valence-corrected chi connectivity index (χ0v) is 14.2. The van der Waals surface area contributed by atoms with Crippen molar-refractivity contribution in [1.82, 2.24) is 20.4 Å². The van der Waals surface area contributed by atoms with Crippen LogP contribution in [0.5, 0.6) is 5.75 Å². The molecule has 124 valence electrons. The van der Waals surface area contributed by atoms with Gasteiger partial charge >= 0.3 is 0 Å². The largest absolute Gasteiger partial charge is 0.496 e. The highest BCUT2D eigenvalue weighted by Crippen LogP contribution is 2.25. The summed E-state index contributed by atoms with van der Waals surface area (Å²) < 4.78 is 7.27. The van der Waals surface area contributed by atoms with E-state index in [2.05, 4.69) is 33.7 Å². The highest BCUT2D eigenvalue weighted by atomic mass is 16.5. The Morgan fingerprint density at radius 1 is 1.30 bits per heavy atom. The summed E-state index contributed by atoms with van der Waals surface area (Å²) in [4.78, 5) is 4.26. The Bertz CT molecular complexity index is 650. The Morgan fingerprint density at radius 2 is 2.09 bits per heavy atom. The van der Waals surface area contributed by atoms with Gasteiger partial charge in [0.1, 0.15) is 5.75 Å². The van der Waals surface area contributed by atoms with Crippen molar-refractivity contribution in [3.8, 4) is 5.75 Å². The predicted molar refractivity (Wildman–Crippen MR) is 92.8 cm³/mol. The lowest BCUT2D eigenvalue weighted by molar-refractivity contribution is 0.406. The van der Waals surface area contributed by atoms with Crippen LogP contribution in [0.15, 0.2) is 41.5 Å². The summed E-state index contributed by atoms with van der Waals surface area (Å²) in [5.41, 5.74) is 2.29. The lowest BCUT2D eigenvalue weighted by Gasteiger charge is -2.18. The van der Waals surface area contributed by atoms with Crippen LogP contribution >= 0.6 is 0 Å². The molecule has 1 aromatic heterocycles. The maximum Gasteiger partial charge on any atom is 0.191 e.